The Bertz CT molecular complexity index is 400. The average Bonchev–Trinajstić information content (AvgIpc) is 2.43. The second-order valence-corrected chi connectivity index (χ2v) is 4.81. The van der Waals surface area contributed by atoms with E-state index >= 15 is 0 Å². The maximum absolute atomic E-state index is 5.64. The third-order valence-electron chi connectivity index (χ3n) is 3.16. The fraction of sp³-hybridized carbons (Fsp3) is 0.769. The molecule has 0 aliphatic carbocycles. The highest BCUT2D eigenvalue weighted by Crippen LogP contribution is 2.09. The van der Waals surface area contributed by atoms with E-state index in [1.54, 1.807) is 0 Å². The van der Waals surface area contributed by atoms with Crippen LogP contribution in [0.15, 0.2) is 0 Å². The van der Waals surface area contributed by atoms with Crippen LogP contribution in [-0.2, 0) is 0 Å². The number of hydrogen-bond acceptors (Lipinski definition) is 7. The Hall–Kier alpha value is -1.63. The molecular formula is C13H26N6O. The molecule has 7 nitrogen and oxygen atoms in total. The van der Waals surface area contributed by atoms with Gasteiger partial charge in [0.25, 0.3) is 0 Å². The normalized spacial score (nSPS) is 12.4. The first-order valence-corrected chi connectivity index (χ1v) is 7.15. The summed E-state index contributed by atoms with van der Waals surface area (Å²) in [5, 5.41) is 3.15. The van der Waals surface area contributed by atoms with E-state index in [-0.39, 0.29) is 12.0 Å². The second kappa shape index (κ2) is 8.52. The third kappa shape index (κ3) is 5.56. The molecule has 0 spiro atoms. The lowest BCUT2D eigenvalue weighted by molar-refractivity contribution is 0.261. The summed E-state index contributed by atoms with van der Waals surface area (Å²) in [6.07, 6.45) is 2.03. The maximum atomic E-state index is 5.64. The maximum Gasteiger partial charge on any atom is 0.323 e. The molecule has 1 rings (SSSR count). The molecule has 1 unspecified atom stereocenters. The van der Waals surface area contributed by atoms with Gasteiger partial charge in [0.15, 0.2) is 0 Å². The average molecular weight is 282 g/mol. The van der Waals surface area contributed by atoms with Crippen molar-refractivity contribution in [1.82, 2.24) is 19.9 Å². The van der Waals surface area contributed by atoms with Gasteiger partial charge in [-0.1, -0.05) is 13.8 Å². The fourth-order valence-electron chi connectivity index (χ4n) is 1.59. The van der Waals surface area contributed by atoms with Gasteiger partial charge in [-0.3, -0.25) is 0 Å². The Morgan fingerprint density at radius 3 is 2.70 bits per heavy atom. The SMILES string of the molecule is CCCOc1nc(N)nc(NCCN(C)C(C)CC)n1. The van der Waals surface area contributed by atoms with E-state index in [0.717, 1.165) is 25.9 Å². The number of nitrogen functional groups attached to an aromatic ring is 1. The molecule has 0 aromatic carbocycles. The first-order chi connectivity index (χ1) is 9.56. The lowest BCUT2D eigenvalue weighted by Crippen LogP contribution is -2.33. The van der Waals surface area contributed by atoms with Gasteiger partial charge in [0.05, 0.1) is 6.61 Å². The highest BCUT2D eigenvalue weighted by molar-refractivity contribution is 5.32. The number of ether oxygens (including phenoxy) is 1. The lowest BCUT2D eigenvalue weighted by atomic mass is 10.2. The van der Waals surface area contributed by atoms with E-state index in [1.807, 2.05) is 6.92 Å². The van der Waals surface area contributed by atoms with E-state index in [4.69, 9.17) is 10.5 Å². The molecule has 114 valence electrons. The number of hydrogen-bond donors (Lipinski definition) is 2. The van der Waals surface area contributed by atoms with Crippen LogP contribution in [0.1, 0.15) is 33.6 Å². The fourth-order valence-corrected chi connectivity index (χ4v) is 1.59. The summed E-state index contributed by atoms with van der Waals surface area (Å²) in [7, 11) is 2.10. The van der Waals surface area contributed by atoms with Crippen LogP contribution in [0.3, 0.4) is 0 Å². The van der Waals surface area contributed by atoms with Crippen LogP contribution < -0.4 is 15.8 Å². The quantitative estimate of drug-likeness (QED) is 0.707. The third-order valence-corrected chi connectivity index (χ3v) is 3.16. The minimum absolute atomic E-state index is 0.170. The monoisotopic (exact) mass is 282 g/mol. The molecule has 1 aromatic heterocycles. The predicted octanol–water partition coefficient (Wildman–Crippen LogP) is 1.38. The van der Waals surface area contributed by atoms with Crippen LogP contribution in [0.4, 0.5) is 11.9 Å². The second-order valence-electron chi connectivity index (χ2n) is 4.81. The Morgan fingerprint density at radius 1 is 1.30 bits per heavy atom. The highest BCUT2D eigenvalue weighted by atomic mass is 16.5. The summed E-state index contributed by atoms with van der Waals surface area (Å²) in [5.41, 5.74) is 5.64. The van der Waals surface area contributed by atoms with E-state index in [0.29, 0.717) is 18.6 Å². The molecule has 0 radical (unpaired) electrons. The van der Waals surface area contributed by atoms with E-state index in [1.165, 1.54) is 0 Å². The van der Waals surface area contributed by atoms with Crippen molar-refractivity contribution >= 4 is 11.9 Å². The Balaban J connectivity index is 2.48. The van der Waals surface area contributed by atoms with Crippen molar-refractivity contribution in [3.8, 4) is 6.01 Å². The zero-order chi connectivity index (χ0) is 15.0. The van der Waals surface area contributed by atoms with Crippen LogP contribution in [0, 0.1) is 0 Å². The molecule has 1 heterocycles. The van der Waals surface area contributed by atoms with Gasteiger partial charge >= 0.3 is 6.01 Å². The van der Waals surface area contributed by atoms with Gasteiger partial charge < -0.3 is 20.7 Å². The molecular weight excluding hydrogens is 256 g/mol. The standard InChI is InChI=1S/C13H26N6O/c1-5-9-20-13-17-11(14)16-12(18-13)15-7-8-19(4)10(3)6-2/h10H,5-9H2,1-4H3,(H3,14,15,16,17,18). The number of nitrogens with one attached hydrogen (secondary N) is 1. The summed E-state index contributed by atoms with van der Waals surface area (Å²) in [6.45, 7) is 8.63. The van der Waals surface area contributed by atoms with Crippen LogP contribution in [0.5, 0.6) is 6.01 Å². The first kappa shape index (κ1) is 16.4. The summed E-state index contributed by atoms with van der Waals surface area (Å²) < 4.78 is 5.37. The van der Waals surface area contributed by atoms with Gasteiger partial charge in [-0.15, -0.1) is 0 Å². The van der Waals surface area contributed by atoms with Gasteiger partial charge in [0, 0.05) is 19.1 Å². The van der Waals surface area contributed by atoms with Crippen molar-refractivity contribution in [2.24, 2.45) is 0 Å². The van der Waals surface area contributed by atoms with Crippen molar-refractivity contribution in [2.45, 2.75) is 39.7 Å². The predicted molar refractivity (Wildman–Crippen MR) is 80.9 cm³/mol. The molecule has 0 saturated carbocycles. The molecule has 0 aliphatic heterocycles. The zero-order valence-electron chi connectivity index (χ0n) is 12.9. The van der Waals surface area contributed by atoms with Crippen molar-refractivity contribution in [3.05, 3.63) is 0 Å². The molecule has 3 N–H and O–H groups in total. The molecule has 20 heavy (non-hydrogen) atoms. The van der Waals surface area contributed by atoms with Crippen LogP contribution in [0.2, 0.25) is 0 Å². The van der Waals surface area contributed by atoms with Crippen molar-refractivity contribution in [1.29, 1.82) is 0 Å². The summed E-state index contributed by atoms with van der Waals surface area (Å²) in [5.74, 6) is 0.630. The van der Waals surface area contributed by atoms with Crippen LogP contribution >= 0.6 is 0 Å². The highest BCUT2D eigenvalue weighted by Gasteiger charge is 2.08. The number of aromatic nitrogens is 3. The molecule has 1 atom stereocenters. The molecule has 0 saturated heterocycles. The lowest BCUT2D eigenvalue weighted by Gasteiger charge is -2.23. The number of nitrogens with zero attached hydrogens (tertiary/aromatic N) is 4. The van der Waals surface area contributed by atoms with E-state index < -0.39 is 0 Å². The van der Waals surface area contributed by atoms with Crippen LogP contribution in [-0.4, -0.2) is 52.6 Å². The smallest absolute Gasteiger partial charge is 0.323 e. The Morgan fingerprint density at radius 2 is 2.05 bits per heavy atom. The molecule has 0 bridgehead atoms. The molecule has 0 amide bonds. The van der Waals surface area contributed by atoms with E-state index in [9.17, 15) is 0 Å². The largest absolute Gasteiger partial charge is 0.463 e. The number of anilines is 2. The van der Waals surface area contributed by atoms with Gasteiger partial charge in [-0.2, -0.15) is 15.0 Å². The van der Waals surface area contributed by atoms with Crippen molar-refractivity contribution < 1.29 is 4.74 Å². The topological polar surface area (TPSA) is 89.2 Å². The summed E-state index contributed by atoms with van der Waals surface area (Å²) >= 11 is 0. The molecule has 7 heteroatoms. The van der Waals surface area contributed by atoms with Crippen molar-refractivity contribution in [3.63, 3.8) is 0 Å². The molecule has 0 aliphatic rings. The summed E-state index contributed by atoms with van der Waals surface area (Å²) in [4.78, 5) is 14.5. The van der Waals surface area contributed by atoms with E-state index in [2.05, 4.69) is 46.1 Å². The van der Waals surface area contributed by atoms with Gasteiger partial charge in [-0.05, 0) is 26.8 Å². The minimum Gasteiger partial charge on any atom is -0.463 e. The summed E-state index contributed by atoms with van der Waals surface area (Å²) in [6, 6.07) is 0.834. The molecule has 1 aromatic rings. The Kier molecular flexibility index (Phi) is 7.00. The van der Waals surface area contributed by atoms with Gasteiger partial charge in [-0.25, -0.2) is 0 Å². The Labute approximate surface area is 121 Å². The van der Waals surface area contributed by atoms with Gasteiger partial charge in [0.2, 0.25) is 11.9 Å². The van der Waals surface area contributed by atoms with Crippen LogP contribution in [0.25, 0.3) is 0 Å². The molecule has 0 fully saturated rings. The van der Waals surface area contributed by atoms with Crippen molar-refractivity contribution in [2.75, 3.05) is 37.8 Å². The number of likely N-dealkylation sites (N-methyl/N-ethyl adjacent to an activating group) is 1. The van der Waals surface area contributed by atoms with Gasteiger partial charge in [0.1, 0.15) is 0 Å². The number of rotatable bonds is 9. The minimum atomic E-state index is 0.170. The number of nitrogens with two attached hydrogens (primary N) is 1. The first-order valence-electron chi connectivity index (χ1n) is 7.15. The zero-order valence-corrected chi connectivity index (χ0v) is 12.9.